The Morgan fingerprint density at radius 3 is 2.48 bits per heavy atom. The molecule has 3 aromatic rings. The number of hydrogen-bond acceptors (Lipinski definition) is 6. The van der Waals surface area contributed by atoms with Crippen LogP contribution in [0.15, 0.2) is 51.0 Å². The molecule has 0 atom stereocenters. The van der Waals surface area contributed by atoms with Crippen LogP contribution in [0.2, 0.25) is 10.0 Å². The maximum absolute atomic E-state index is 14.0. The van der Waals surface area contributed by atoms with Crippen molar-refractivity contribution in [1.29, 1.82) is 0 Å². The lowest BCUT2D eigenvalue weighted by Gasteiger charge is -2.19. The number of ether oxygens (including phenoxy) is 1. The van der Waals surface area contributed by atoms with Crippen LogP contribution in [-0.2, 0) is 28.0 Å². The zero-order valence-electron chi connectivity index (χ0n) is 20.8. The summed E-state index contributed by atoms with van der Waals surface area (Å²) in [6.45, 7) is 0.776. The number of pyridine rings is 1. The normalized spacial score (nSPS) is 12.9. The third-order valence-electron chi connectivity index (χ3n) is 6.14. The number of nitrogens with one attached hydrogen (secondary N) is 1. The number of carbonyl (C=O) groups excluding carboxylic acids is 2. The van der Waals surface area contributed by atoms with Gasteiger partial charge in [0.15, 0.2) is 0 Å². The molecule has 0 spiro atoms. The summed E-state index contributed by atoms with van der Waals surface area (Å²) in [6.07, 6.45) is 1.12. The first-order valence-electron chi connectivity index (χ1n) is 11.8. The van der Waals surface area contributed by atoms with Crippen molar-refractivity contribution in [3.05, 3.63) is 79.2 Å². The Bertz CT molecular complexity index is 1500. The molecular weight excluding hydrogens is 611 g/mol. The van der Waals surface area contributed by atoms with Gasteiger partial charge in [0.25, 0.3) is 11.5 Å². The van der Waals surface area contributed by atoms with E-state index in [1.807, 2.05) is 4.98 Å². The Hall–Kier alpha value is -2.83. The number of anilines is 1. The molecule has 0 radical (unpaired) electrons. The predicted octanol–water partition coefficient (Wildman–Crippen LogP) is 5.98. The van der Waals surface area contributed by atoms with Crippen LogP contribution in [0.3, 0.4) is 0 Å². The largest absolute Gasteiger partial charge is 0.506 e. The molecule has 2 aromatic carbocycles. The molecule has 0 unspecified atom stereocenters. The summed E-state index contributed by atoms with van der Waals surface area (Å²) in [4.78, 5) is 43.2. The smallest absolute Gasteiger partial charge is 0.362 e. The van der Waals surface area contributed by atoms with Crippen molar-refractivity contribution < 1.29 is 28.2 Å². The van der Waals surface area contributed by atoms with Gasteiger partial charge in [-0.2, -0.15) is 8.78 Å². The molecule has 8 nitrogen and oxygen atoms in total. The van der Waals surface area contributed by atoms with Crippen molar-refractivity contribution >= 4 is 64.6 Å². The number of H-pyrrole nitrogens is 1. The lowest BCUT2D eigenvalue weighted by molar-refractivity contribution is -0.107. The van der Waals surface area contributed by atoms with Crippen LogP contribution in [0.4, 0.5) is 14.5 Å². The molecule has 0 saturated heterocycles. The average Bonchev–Trinajstić information content (AvgIpc) is 3.30. The highest BCUT2D eigenvalue weighted by Gasteiger charge is 2.34. The molecule has 40 heavy (non-hydrogen) atoms. The lowest BCUT2D eigenvalue weighted by atomic mass is 10.1. The van der Waals surface area contributed by atoms with E-state index >= 15 is 0 Å². The van der Waals surface area contributed by atoms with Gasteiger partial charge in [-0.05, 0) is 59.5 Å². The predicted molar refractivity (Wildman–Crippen MR) is 149 cm³/mol. The minimum absolute atomic E-state index is 0.0244. The number of phenolic OH excluding ortho intramolecular Hbond substituents is 1. The third kappa shape index (κ3) is 6.39. The summed E-state index contributed by atoms with van der Waals surface area (Å²) in [6, 6.07) is 8.61. The molecule has 2 amide bonds. The zero-order chi connectivity index (χ0) is 29.2. The molecule has 1 aliphatic heterocycles. The van der Waals surface area contributed by atoms with Gasteiger partial charge >= 0.3 is 5.38 Å². The molecule has 4 rings (SSSR count). The van der Waals surface area contributed by atoms with E-state index in [-0.39, 0.29) is 44.4 Å². The number of halogens is 5. The number of fused-ring (bicyclic) bond motifs is 1. The summed E-state index contributed by atoms with van der Waals surface area (Å²) in [5.41, 5.74) is -0.877. The minimum atomic E-state index is -3.91. The maximum Gasteiger partial charge on any atom is 0.362 e. The fraction of sp³-hybridized carbons (Fsp3) is 0.269. The van der Waals surface area contributed by atoms with E-state index in [0.717, 1.165) is 17.8 Å². The molecule has 1 aromatic heterocycles. The van der Waals surface area contributed by atoms with E-state index in [1.54, 1.807) is 12.1 Å². The van der Waals surface area contributed by atoms with Gasteiger partial charge in [0.2, 0.25) is 6.41 Å². The van der Waals surface area contributed by atoms with Gasteiger partial charge in [-0.1, -0.05) is 41.0 Å². The quantitative estimate of drug-likeness (QED) is 0.162. The second kappa shape index (κ2) is 12.4. The minimum Gasteiger partial charge on any atom is -0.506 e. The second-order valence-electron chi connectivity index (χ2n) is 8.82. The van der Waals surface area contributed by atoms with Crippen LogP contribution in [-0.4, -0.2) is 47.6 Å². The van der Waals surface area contributed by atoms with Crippen molar-refractivity contribution in [2.45, 2.75) is 34.7 Å². The van der Waals surface area contributed by atoms with Crippen LogP contribution in [0.5, 0.6) is 5.75 Å². The van der Waals surface area contributed by atoms with E-state index < -0.39 is 28.1 Å². The van der Waals surface area contributed by atoms with Gasteiger partial charge in [-0.3, -0.25) is 14.4 Å². The Morgan fingerprint density at radius 1 is 1.23 bits per heavy atom. The molecule has 0 bridgehead atoms. The van der Waals surface area contributed by atoms with Crippen molar-refractivity contribution in [3.63, 3.8) is 0 Å². The molecule has 2 heterocycles. The fourth-order valence-electron chi connectivity index (χ4n) is 4.23. The number of nitrogens with zero attached hydrogens (tertiary/aromatic N) is 2. The van der Waals surface area contributed by atoms with Crippen LogP contribution < -0.4 is 10.5 Å². The Balaban J connectivity index is 1.69. The zero-order valence-corrected chi connectivity index (χ0v) is 23.9. The fourth-order valence-corrected chi connectivity index (χ4v) is 5.97. The number of alkyl halides is 3. The number of aromatic amines is 1. The number of rotatable bonds is 10. The average molecular weight is 633 g/mol. The van der Waals surface area contributed by atoms with Crippen molar-refractivity contribution in [1.82, 2.24) is 9.88 Å². The summed E-state index contributed by atoms with van der Waals surface area (Å²) in [5, 5.41) is 7.06. The highest BCUT2D eigenvalue weighted by Crippen LogP contribution is 2.42. The molecule has 0 fully saturated rings. The first kappa shape index (κ1) is 30.1. The number of carbonyl (C=O) groups is 2. The highest BCUT2D eigenvalue weighted by atomic mass is 35.5. The number of phenols is 1. The summed E-state index contributed by atoms with van der Waals surface area (Å²) < 4.78 is 33.0. The number of hydrogen-bond donors (Lipinski definition) is 2. The van der Waals surface area contributed by atoms with Gasteiger partial charge in [-0.25, -0.2) is 0 Å². The van der Waals surface area contributed by atoms with Crippen molar-refractivity contribution in [2.24, 2.45) is 0 Å². The van der Waals surface area contributed by atoms with Crippen LogP contribution >= 0.6 is 46.6 Å². The van der Waals surface area contributed by atoms with Gasteiger partial charge in [0, 0.05) is 43.1 Å². The summed E-state index contributed by atoms with van der Waals surface area (Å²) >= 11 is 18.5. The van der Waals surface area contributed by atoms with E-state index in [0.29, 0.717) is 37.1 Å². The molecule has 212 valence electrons. The number of aromatic nitrogens is 1. The second-order valence-corrected chi connectivity index (χ2v) is 11.2. The topological polar surface area (TPSA) is 103 Å². The molecule has 1 aliphatic rings. The van der Waals surface area contributed by atoms with Crippen LogP contribution in [0.1, 0.15) is 33.6 Å². The van der Waals surface area contributed by atoms with Gasteiger partial charge in [-0.15, -0.1) is 0 Å². The Labute approximate surface area is 246 Å². The van der Waals surface area contributed by atoms with Crippen molar-refractivity contribution in [3.8, 4) is 5.75 Å². The summed E-state index contributed by atoms with van der Waals surface area (Å²) in [7, 11) is 1.54. The lowest BCUT2D eigenvalue weighted by Crippen LogP contribution is -2.32. The van der Waals surface area contributed by atoms with E-state index in [1.165, 1.54) is 35.1 Å². The van der Waals surface area contributed by atoms with Gasteiger partial charge in [0.1, 0.15) is 17.0 Å². The van der Waals surface area contributed by atoms with Crippen LogP contribution in [0.25, 0.3) is 0 Å². The number of aromatic hydroxyl groups is 1. The molecule has 0 aliphatic carbocycles. The molecular formula is C26H22Cl3F2N3O5S. The number of benzene rings is 2. The highest BCUT2D eigenvalue weighted by molar-refractivity contribution is 7.99. The molecule has 2 N–H and O–H groups in total. The molecule has 0 saturated carbocycles. The number of methoxy groups -OCH3 is 1. The van der Waals surface area contributed by atoms with E-state index in [4.69, 9.17) is 39.5 Å². The van der Waals surface area contributed by atoms with Gasteiger partial charge in [0.05, 0.1) is 15.7 Å². The molecule has 14 heteroatoms. The Morgan fingerprint density at radius 2 is 1.88 bits per heavy atom. The first-order chi connectivity index (χ1) is 18.9. The maximum atomic E-state index is 14.0. The Kier molecular flexibility index (Phi) is 9.31. The SMILES string of the molecule is COCCCN(C=O)c1cc2c(cc1O)CN(C(=O)c1c(Sc3c(Cl)cccc3Cl)cc(C(F)(F)Cl)[nH]c1=O)C2. The third-order valence-corrected chi connectivity index (χ3v) is 8.38. The first-order valence-corrected chi connectivity index (χ1v) is 13.7. The van der Waals surface area contributed by atoms with Crippen LogP contribution in [0, 0.1) is 0 Å². The van der Waals surface area contributed by atoms with Crippen molar-refractivity contribution in [2.75, 3.05) is 25.2 Å². The van der Waals surface area contributed by atoms with E-state index in [2.05, 4.69) is 0 Å². The summed E-state index contributed by atoms with van der Waals surface area (Å²) in [5.74, 6) is -0.908. The standard InChI is InChI=1S/C26H22Cl3F2N3O5S/c1-39-7-3-6-33(13-35)18-8-14-11-34(12-15(14)9-19(18)36)25(38)22-20(10-21(26(29,30)31)32-24(22)37)40-23-16(27)4-2-5-17(23)28/h2,4-5,8-10,13,36H,3,6-7,11-12H2,1H3,(H,32,37). The van der Waals surface area contributed by atoms with E-state index in [9.17, 15) is 28.3 Å². The number of amides is 2. The van der Waals surface area contributed by atoms with Gasteiger partial charge < -0.3 is 24.6 Å². The monoisotopic (exact) mass is 631 g/mol.